The maximum Gasteiger partial charge on any atom is 0.251 e. The van der Waals surface area contributed by atoms with Crippen molar-refractivity contribution < 1.29 is 15.0 Å². The number of hydrogen-bond donors (Lipinski definition) is 3. The Morgan fingerprint density at radius 1 is 1.10 bits per heavy atom. The number of amides is 1. The van der Waals surface area contributed by atoms with Crippen LogP contribution in [0.15, 0.2) is 42.5 Å². The van der Waals surface area contributed by atoms with Crippen LogP contribution >= 0.6 is 0 Å². The number of aryl methyl sites for hydroxylation is 1. The summed E-state index contributed by atoms with van der Waals surface area (Å²) in [6.45, 7) is 2.18. The van der Waals surface area contributed by atoms with E-state index < -0.39 is 0 Å². The van der Waals surface area contributed by atoms with Gasteiger partial charge in [-0.3, -0.25) is 4.79 Å². The van der Waals surface area contributed by atoms with E-state index in [9.17, 15) is 9.90 Å². The molecule has 3 N–H and O–H groups in total. The first-order valence-corrected chi connectivity index (χ1v) is 6.36. The van der Waals surface area contributed by atoms with E-state index in [0.29, 0.717) is 17.7 Å². The van der Waals surface area contributed by atoms with Gasteiger partial charge in [0.1, 0.15) is 5.75 Å². The van der Waals surface area contributed by atoms with Crippen molar-refractivity contribution in [1.29, 1.82) is 0 Å². The molecule has 0 saturated carbocycles. The van der Waals surface area contributed by atoms with Crippen LogP contribution in [-0.4, -0.2) is 16.1 Å². The quantitative estimate of drug-likeness (QED) is 0.797. The molecule has 0 heterocycles. The topological polar surface area (TPSA) is 69.6 Å². The van der Waals surface area contributed by atoms with Crippen LogP contribution in [0.2, 0.25) is 0 Å². The molecule has 0 aliphatic carbocycles. The minimum atomic E-state index is -0.181. The molecule has 0 fully saturated rings. The Morgan fingerprint density at radius 2 is 1.75 bits per heavy atom. The van der Waals surface area contributed by atoms with Crippen LogP contribution in [0.25, 0.3) is 0 Å². The molecule has 0 atom stereocenters. The Kier molecular flexibility index (Phi) is 4.38. The lowest BCUT2D eigenvalue weighted by Gasteiger charge is -2.07. The SMILES string of the molecule is Cc1cc(C(=O)NCc2ccc(CO)cc2)ccc1O. The number of hydrogen-bond acceptors (Lipinski definition) is 3. The van der Waals surface area contributed by atoms with E-state index in [-0.39, 0.29) is 18.3 Å². The van der Waals surface area contributed by atoms with Gasteiger partial charge in [-0.25, -0.2) is 0 Å². The molecule has 0 aliphatic heterocycles. The number of phenols is 1. The number of aliphatic hydroxyl groups is 1. The average Bonchev–Trinajstić information content (AvgIpc) is 2.48. The Hall–Kier alpha value is -2.33. The highest BCUT2D eigenvalue weighted by atomic mass is 16.3. The number of carbonyl (C=O) groups is 1. The van der Waals surface area contributed by atoms with Gasteiger partial charge in [0.25, 0.3) is 5.91 Å². The van der Waals surface area contributed by atoms with E-state index in [0.717, 1.165) is 11.1 Å². The second-order valence-corrected chi connectivity index (χ2v) is 4.66. The van der Waals surface area contributed by atoms with E-state index in [1.165, 1.54) is 6.07 Å². The fourth-order valence-corrected chi connectivity index (χ4v) is 1.84. The first kappa shape index (κ1) is 14.1. The molecule has 4 heteroatoms. The van der Waals surface area contributed by atoms with Gasteiger partial charge < -0.3 is 15.5 Å². The Bertz CT molecular complexity index is 606. The highest BCUT2D eigenvalue weighted by Crippen LogP contribution is 2.16. The summed E-state index contributed by atoms with van der Waals surface area (Å²) in [5.74, 6) is 0.000442. The fraction of sp³-hybridized carbons (Fsp3) is 0.188. The van der Waals surface area contributed by atoms with Crippen molar-refractivity contribution >= 4 is 5.91 Å². The first-order chi connectivity index (χ1) is 9.60. The van der Waals surface area contributed by atoms with Gasteiger partial charge >= 0.3 is 0 Å². The monoisotopic (exact) mass is 271 g/mol. The molecule has 4 nitrogen and oxygen atoms in total. The Balaban J connectivity index is 1.98. The van der Waals surface area contributed by atoms with Crippen molar-refractivity contribution in [1.82, 2.24) is 5.32 Å². The number of phenolic OH excluding ortho intramolecular Hbond substituents is 1. The van der Waals surface area contributed by atoms with E-state index in [2.05, 4.69) is 5.32 Å². The van der Waals surface area contributed by atoms with E-state index >= 15 is 0 Å². The van der Waals surface area contributed by atoms with Crippen molar-refractivity contribution in [2.24, 2.45) is 0 Å². The third-order valence-electron chi connectivity index (χ3n) is 3.12. The summed E-state index contributed by atoms with van der Waals surface area (Å²) in [6, 6.07) is 12.1. The Labute approximate surface area is 117 Å². The van der Waals surface area contributed by atoms with Gasteiger partial charge in [-0.2, -0.15) is 0 Å². The van der Waals surface area contributed by atoms with Crippen LogP contribution in [0.1, 0.15) is 27.0 Å². The number of nitrogens with one attached hydrogen (secondary N) is 1. The van der Waals surface area contributed by atoms with Gasteiger partial charge in [0.15, 0.2) is 0 Å². The highest BCUT2D eigenvalue weighted by Gasteiger charge is 2.07. The largest absolute Gasteiger partial charge is 0.508 e. The van der Waals surface area contributed by atoms with Gasteiger partial charge in [0, 0.05) is 12.1 Å². The van der Waals surface area contributed by atoms with Crippen LogP contribution in [0.5, 0.6) is 5.75 Å². The molecule has 2 aromatic rings. The third-order valence-corrected chi connectivity index (χ3v) is 3.12. The molecule has 2 rings (SSSR count). The van der Waals surface area contributed by atoms with E-state index in [4.69, 9.17) is 5.11 Å². The minimum Gasteiger partial charge on any atom is -0.508 e. The molecule has 0 aromatic heterocycles. The summed E-state index contributed by atoms with van der Waals surface area (Å²) in [5, 5.41) is 21.2. The third kappa shape index (κ3) is 3.36. The number of aliphatic hydroxyl groups excluding tert-OH is 1. The van der Waals surface area contributed by atoms with Crippen LogP contribution in [0, 0.1) is 6.92 Å². The number of aromatic hydroxyl groups is 1. The standard InChI is InChI=1S/C16H17NO3/c1-11-8-14(6-7-15(11)19)16(20)17-9-12-2-4-13(10-18)5-3-12/h2-8,18-19H,9-10H2,1H3,(H,17,20). The molecule has 0 spiro atoms. The van der Waals surface area contributed by atoms with E-state index in [1.807, 2.05) is 24.3 Å². The van der Waals surface area contributed by atoms with Crippen LogP contribution in [0.3, 0.4) is 0 Å². The molecule has 0 saturated heterocycles. The minimum absolute atomic E-state index is 0.0133. The van der Waals surface area contributed by atoms with Crippen molar-refractivity contribution in [2.75, 3.05) is 0 Å². The smallest absolute Gasteiger partial charge is 0.251 e. The maximum absolute atomic E-state index is 12.0. The zero-order valence-electron chi connectivity index (χ0n) is 11.3. The lowest BCUT2D eigenvalue weighted by atomic mass is 10.1. The van der Waals surface area contributed by atoms with Crippen LogP contribution in [0.4, 0.5) is 0 Å². The van der Waals surface area contributed by atoms with Crippen LogP contribution in [-0.2, 0) is 13.2 Å². The summed E-state index contributed by atoms with van der Waals surface area (Å²) in [5.41, 5.74) is 3.00. The fourth-order valence-electron chi connectivity index (χ4n) is 1.84. The zero-order valence-corrected chi connectivity index (χ0v) is 11.3. The van der Waals surface area contributed by atoms with E-state index in [1.54, 1.807) is 19.1 Å². The summed E-state index contributed by atoms with van der Waals surface area (Å²) < 4.78 is 0. The summed E-state index contributed by atoms with van der Waals surface area (Å²) in [7, 11) is 0. The molecule has 0 bridgehead atoms. The summed E-state index contributed by atoms with van der Waals surface area (Å²) in [4.78, 5) is 12.0. The molecule has 0 unspecified atom stereocenters. The predicted octanol–water partition coefficient (Wildman–Crippen LogP) is 2.12. The molecular weight excluding hydrogens is 254 g/mol. The van der Waals surface area contributed by atoms with Crippen LogP contribution < -0.4 is 5.32 Å². The lowest BCUT2D eigenvalue weighted by Crippen LogP contribution is -2.22. The second-order valence-electron chi connectivity index (χ2n) is 4.66. The van der Waals surface area contributed by atoms with Crippen molar-refractivity contribution in [2.45, 2.75) is 20.1 Å². The van der Waals surface area contributed by atoms with Crippen molar-refractivity contribution in [3.8, 4) is 5.75 Å². The zero-order chi connectivity index (χ0) is 14.5. The van der Waals surface area contributed by atoms with Gasteiger partial charge in [0.05, 0.1) is 6.61 Å². The molecule has 20 heavy (non-hydrogen) atoms. The second kappa shape index (κ2) is 6.21. The van der Waals surface area contributed by atoms with Gasteiger partial charge in [-0.15, -0.1) is 0 Å². The van der Waals surface area contributed by atoms with Gasteiger partial charge in [0.2, 0.25) is 0 Å². The number of rotatable bonds is 4. The number of benzene rings is 2. The molecule has 1 amide bonds. The Morgan fingerprint density at radius 3 is 2.35 bits per heavy atom. The highest BCUT2D eigenvalue weighted by molar-refractivity contribution is 5.94. The van der Waals surface area contributed by atoms with Gasteiger partial charge in [-0.05, 0) is 41.8 Å². The predicted molar refractivity (Wildman–Crippen MR) is 76.4 cm³/mol. The molecule has 0 aliphatic rings. The molecular formula is C16H17NO3. The maximum atomic E-state index is 12.0. The normalized spacial score (nSPS) is 10.3. The lowest BCUT2D eigenvalue weighted by molar-refractivity contribution is 0.0951. The van der Waals surface area contributed by atoms with Gasteiger partial charge in [-0.1, -0.05) is 24.3 Å². The molecule has 104 valence electrons. The molecule has 2 aromatic carbocycles. The van der Waals surface area contributed by atoms with Crippen molar-refractivity contribution in [3.05, 3.63) is 64.7 Å². The average molecular weight is 271 g/mol. The van der Waals surface area contributed by atoms with Crippen molar-refractivity contribution in [3.63, 3.8) is 0 Å². The summed E-state index contributed by atoms with van der Waals surface area (Å²) >= 11 is 0. The first-order valence-electron chi connectivity index (χ1n) is 6.36. The number of carbonyl (C=O) groups excluding carboxylic acids is 1. The summed E-state index contributed by atoms with van der Waals surface area (Å²) in [6.07, 6.45) is 0. The molecule has 0 radical (unpaired) electrons.